The monoisotopic (exact) mass is 306 g/mol. The normalized spacial score (nSPS) is 10.5. The Hall–Kier alpha value is -2.09. The van der Waals surface area contributed by atoms with Gasteiger partial charge in [-0.25, -0.2) is 22.5 Å². The zero-order valence-corrected chi connectivity index (χ0v) is 10.7. The maximum absolute atomic E-state index is 13.5. The molecule has 0 unspecified atom stereocenters. The van der Waals surface area contributed by atoms with Crippen LogP contribution in [0.5, 0.6) is 0 Å². The highest BCUT2D eigenvalue weighted by molar-refractivity contribution is 6.32. The van der Waals surface area contributed by atoms with E-state index in [2.05, 4.69) is 20.6 Å². The summed E-state index contributed by atoms with van der Waals surface area (Å²) in [6.07, 6.45) is 1.16. The molecule has 9 heteroatoms. The molecule has 1 aromatic carbocycles. The van der Waals surface area contributed by atoms with Crippen molar-refractivity contribution in [2.75, 3.05) is 17.7 Å². The van der Waals surface area contributed by atoms with E-state index in [1.807, 2.05) is 0 Å². The number of benzene rings is 1. The maximum atomic E-state index is 13.5. The fraction of sp³-hybridized carbons (Fsp3) is 0.0909. The van der Waals surface area contributed by atoms with Gasteiger partial charge in [0.15, 0.2) is 29.1 Å². The van der Waals surface area contributed by atoms with Crippen LogP contribution >= 0.6 is 11.6 Å². The van der Waals surface area contributed by atoms with E-state index < -0.39 is 29.0 Å². The Kier molecular flexibility index (Phi) is 3.93. The average molecular weight is 307 g/mol. The second kappa shape index (κ2) is 5.49. The number of nitrogens with one attached hydrogen (secondary N) is 2. The molecule has 1 heterocycles. The van der Waals surface area contributed by atoms with Gasteiger partial charge >= 0.3 is 0 Å². The van der Waals surface area contributed by atoms with Crippen molar-refractivity contribution >= 4 is 29.1 Å². The molecule has 2 aromatic rings. The Morgan fingerprint density at radius 2 is 1.70 bits per heavy atom. The summed E-state index contributed by atoms with van der Waals surface area (Å²) in [6, 6.07) is 0.108. The van der Waals surface area contributed by atoms with Crippen molar-refractivity contribution in [3.63, 3.8) is 0 Å². The van der Waals surface area contributed by atoms with Gasteiger partial charge in [0.1, 0.15) is 10.7 Å². The molecule has 2 rings (SSSR count). The Labute approximate surface area is 115 Å². The van der Waals surface area contributed by atoms with E-state index in [0.717, 1.165) is 6.20 Å². The van der Waals surface area contributed by atoms with Gasteiger partial charge < -0.3 is 10.6 Å². The highest BCUT2D eigenvalue weighted by Crippen LogP contribution is 2.29. The van der Waals surface area contributed by atoms with Crippen LogP contribution in [0.4, 0.5) is 35.0 Å². The van der Waals surface area contributed by atoms with E-state index in [-0.39, 0.29) is 22.9 Å². The van der Waals surface area contributed by atoms with Crippen LogP contribution in [0.1, 0.15) is 0 Å². The van der Waals surface area contributed by atoms with Gasteiger partial charge in [0.2, 0.25) is 5.95 Å². The van der Waals surface area contributed by atoms with Crippen LogP contribution in [-0.2, 0) is 0 Å². The van der Waals surface area contributed by atoms with Gasteiger partial charge in [0, 0.05) is 13.1 Å². The van der Waals surface area contributed by atoms with E-state index in [1.54, 1.807) is 0 Å². The van der Waals surface area contributed by atoms with Crippen molar-refractivity contribution in [1.82, 2.24) is 9.97 Å². The van der Waals surface area contributed by atoms with Gasteiger partial charge in [-0.3, -0.25) is 0 Å². The molecular formula is C11H7ClF4N4. The molecule has 0 aliphatic rings. The van der Waals surface area contributed by atoms with E-state index >= 15 is 0 Å². The number of halogens is 5. The topological polar surface area (TPSA) is 49.8 Å². The molecule has 20 heavy (non-hydrogen) atoms. The van der Waals surface area contributed by atoms with Crippen molar-refractivity contribution < 1.29 is 17.6 Å². The molecule has 0 radical (unpaired) electrons. The Morgan fingerprint density at radius 1 is 1.10 bits per heavy atom. The Morgan fingerprint density at radius 3 is 2.25 bits per heavy atom. The van der Waals surface area contributed by atoms with Crippen molar-refractivity contribution in [2.24, 2.45) is 0 Å². The van der Waals surface area contributed by atoms with Gasteiger partial charge in [-0.05, 0) is 0 Å². The number of hydrogen-bond acceptors (Lipinski definition) is 4. The maximum Gasteiger partial charge on any atom is 0.224 e. The first-order valence-electron chi connectivity index (χ1n) is 5.24. The molecule has 0 amide bonds. The van der Waals surface area contributed by atoms with Crippen LogP contribution in [0, 0.1) is 23.3 Å². The van der Waals surface area contributed by atoms with Gasteiger partial charge in [-0.1, -0.05) is 11.6 Å². The first-order chi connectivity index (χ1) is 9.43. The lowest BCUT2D eigenvalue weighted by atomic mass is 10.2. The third-order valence-electron chi connectivity index (χ3n) is 2.32. The molecule has 1 aromatic heterocycles. The Balaban J connectivity index is 2.50. The summed E-state index contributed by atoms with van der Waals surface area (Å²) in [5.41, 5.74) is -1.02. The molecular weight excluding hydrogens is 300 g/mol. The molecule has 0 spiro atoms. The summed E-state index contributed by atoms with van der Waals surface area (Å²) in [7, 11) is 1.51. The fourth-order valence-electron chi connectivity index (χ4n) is 1.38. The highest BCUT2D eigenvalue weighted by atomic mass is 35.5. The van der Waals surface area contributed by atoms with Crippen molar-refractivity contribution in [3.8, 4) is 0 Å². The van der Waals surface area contributed by atoms with Gasteiger partial charge in [0.05, 0.1) is 6.20 Å². The van der Waals surface area contributed by atoms with Crippen LogP contribution in [0.3, 0.4) is 0 Å². The minimum Gasteiger partial charge on any atom is -0.357 e. The number of aromatic nitrogens is 2. The first kappa shape index (κ1) is 14.3. The van der Waals surface area contributed by atoms with Gasteiger partial charge in [0.25, 0.3) is 0 Å². The van der Waals surface area contributed by atoms with Crippen LogP contribution in [0.25, 0.3) is 0 Å². The second-order valence-electron chi connectivity index (χ2n) is 3.61. The lowest BCUT2D eigenvalue weighted by Crippen LogP contribution is -2.06. The van der Waals surface area contributed by atoms with Gasteiger partial charge in [-0.2, -0.15) is 4.98 Å². The van der Waals surface area contributed by atoms with Crippen LogP contribution < -0.4 is 10.6 Å². The summed E-state index contributed by atoms with van der Waals surface area (Å²) >= 11 is 5.74. The predicted octanol–water partition coefficient (Wildman–Crippen LogP) is 3.47. The summed E-state index contributed by atoms with van der Waals surface area (Å²) in [6.45, 7) is 0. The summed E-state index contributed by atoms with van der Waals surface area (Å²) in [5, 5.41) is 4.61. The molecule has 0 aliphatic carbocycles. The minimum absolute atomic E-state index is 0.0764. The van der Waals surface area contributed by atoms with Crippen LogP contribution in [0.15, 0.2) is 12.3 Å². The standard InChI is InChI=1S/C11H7ClF4N4/c1-17-11-18-3-4(12)10(20-11)19-9-7(15)5(13)2-6(14)8(9)16/h2-3H,1H3,(H2,17,18,19,20). The van der Waals surface area contributed by atoms with E-state index in [1.165, 1.54) is 7.05 Å². The lowest BCUT2D eigenvalue weighted by molar-refractivity contribution is 0.459. The Bertz CT molecular complexity index is 639. The molecule has 106 valence electrons. The second-order valence-corrected chi connectivity index (χ2v) is 4.02. The third kappa shape index (κ3) is 2.60. The van der Waals surface area contributed by atoms with Crippen LogP contribution in [-0.4, -0.2) is 17.0 Å². The molecule has 0 saturated heterocycles. The third-order valence-corrected chi connectivity index (χ3v) is 2.60. The summed E-state index contributed by atoms with van der Waals surface area (Å²) < 4.78 is 53.1. The first-order valence-corrected chi connectivity index (χ1v) is 5.62. The van der Waals surface area contributed by atoms with Crippen molar-refractivity contribution in [1.29, 1.82) is 0 Å². The molecule has 0 bridgehead atoms. The number of hydrogen-bond donors (Lipinski definition) is 2. The SMILES string of the molecule is CNc1ncc(Cl)c(Nc2c(F)c(F)cc(F)c2F)n1. The zero-order valence-electron chi connectivity index (χ0n) is 9.94. The van der Waals surface area contributed by atoms with Gasteiger partial charge in [-0.15, -0.1) is 0 Å². The van der Waals surface area contributed by atoms with E-state index in [0.29, 0.717) is 0 Å². The van der Waals surface area contributed by atoms with E-state index in [9.17, 15) is 17.6 Å². The number of anilines is 3. The highest BCUT2D eigenvalue weighted by Gasteiger charge is 2.20. The molecule has 2 N–H and O–H groups in total. The van der Waals surface area contributed by atoms with Crippen molar-refractivity contribution in [2.45, 2.75) is 0 Å². The number of rotatable bonds is 3. The van der Waals surface area contributed by atoms with E-state index in [4.69, 9.17) is 11.6 Å². The average Bonchev–Trinajstić information content (AvgIpc) is 2.43. The fourth-order valence-corrected chi connectivity index (χ4v) is 1.51. The quantitative estimate of drug-likeness (QED) is 0.673. The zero-order chi connectivity index (χ0) is 14.9. The smallest absolute Gasteiger partial charge is 0.224 e. The molecule has 4 nitrogen and oxygen atoms in total. The molecule has 0 fully saturated rings. The summed E-state index contributed by atoms with van der Waals surface area (Å²) in [4.78, 5) is 7.53. The van der Waals surface area contributed by atoms with Crippen LogP contribution in [0.2, 0.25) is 5.02 Å². The largest absolute Gasteiger partial charge is 0.357 e. The van der Waals surface area contributed by atoms with Crippen molar-refractivity contribution in [3.05, 3.63) is 40.6 Å². The lowest BCUT2D eigenvalue weighted by Gasteiger charge is -2.11. The molecule has 0 atom stereocenters. The summed E-state index contributed by atoms with van der Waals surface area (Å²) in [5.74, 6) is -6.33. The predicted molar refractivity (Wildman–Crippen MR) is 66.1 cm³/mol. The number of nitrogens with zero attached hydrogens (tertiary/aromatic N) is 2. The molecule has 0 aliphatic heterocycles. The minimum atomic E-state index is -1.58. The molecule has 0 saturated carbocycles.